The highest BCUT2D eigenvalue weighted by atomic mass is 32.2. The Balaban J connectivity index is 1.82. The summed E-state index contributed by atoms with van der Waals surface area (Å²) in [6, 6.07) is 0.534. The average molecular weight is 233 g/mol. The maximum absolute atomic E-state index is 10.8. The number of ether oxygens (including phenoxy) is 2. The quantitative estimate of drug-likeness (QED) is 0.517. The minimum atomic E-state index is -0.125. The van der Waals surface area contributed by atoms with Crippen LogP contribution in [0, 0.1) is 0 Å². The lowest BCUT2D eigenvalue weighted by molar-refractivity contribution is -0.140. The molecule has 0 spiro atoms. The van der Waals surface area contributed by atoms with Crippen molar-refractivity contribution in [2.45, 2.75) is 18.9 Å². The van der Waals surface area contributed by atoms with E-state index in [1.54, 1.807) is 11.8 Å². The van der Waals surface area contributed by atoms with Crippen LogP contribution in [0.5, 0.6) is 0 Å². The molecule has 1 unspecified atom stereocenters. The molecule has 0 bridgehead atoms. The number of carbonyl (C=O) groups excluding carboxylic acids is 1. The van der Waals surface area contributed by atoms with E-state index in [9.17, 15) is 4.79 Å². The molecule has 1 atom stereocenters. The van der Waals surface area contributed by atoms with Crippen LogP contribution in [-0.4, -0.2) is 50.4 Å². The summed E-state index contributed by atoms with van der Waals surface area (Å²) in [5.41, 5.74) is 0. The first-order valence-electron chi connectivity index (χ1n) is 5.28. The highest BCUT2D eigenvalue weighted by Crippen LogP contribution is 2.05. The van der Waals surface area contributed by atoms with E-state index in [4.69, 9.17) is 4.74 Å². The van der Waals surface area contributed by atoms with Crippen molar-refractivity contribution in [3.63, 3.8) is 0 Å². The maximum Gasteiger partial charge on any atom is 0.306 e. The molecule has 1 aliphatic heterocycles. The van der Waals surface area contributed by atoms with Gasteiger partial charge < -0.3 is 14.8 Å². The number of rotatable bonds is 7. The molecule has 5 heteroatoms. The van der Waals surface area contributed by atoms with Crippen LogP contribution < -0.4 is 5.32 Å². The molecule has 0 aromatic carbocycles. The third kappa shape index (κ3) is 6.02. The van der Waals surface area contributed by atoms with Crippen molar-refractivity contribution in [1.82, 2.24) is 5.32 Å². The smallest absolute Gasteiger partial charge is 0.306 e. The van der Waals surface area contributed by atoms with Gasteiger partial charge in [0, 0.05) is 30.7 Å². The molecule has 0 aliphatic carbocycles. The SMILES string of the molecule is COC(=O)CCSCCNC1CCOC1. The molecule has 0 aromatic heterocycles. The van der Waals surface area contributed by atoms with Crippen molar-refractivity contribution in [1.29, 1.82) is 0 Å². The zero-order valence-electron chi connectivity index (χ0n) is 9.16. The van der Waals surface area contributed by atoms with Gasteiger partial charge in [-0.3, -0.25) is 4.79 Å². The molecule has 1 saturated heterocycles. The molecule has 15 heavy (non-hydrogen) atoms. The van der Waals surface area contributed by atoms with Crippen LogP contribution in [0.15, 0.2) is 0 Å². The van der Waals surface area contributed by atoms with Gasteiger partial charge in [0.05, 0.1) is 20.1 Å². The molecule has 0 aromatic rings. The summed E-state index contributed by atoms with van der Waals surface area (Å²) in [5, 5.41) is 3.42. The standard InChI is InChI=1S/C10H19NO3S/c1-13-10(12)3-6-15-7-4-11-9-2-5-14-8-9/h9,11H,2-8H2,1H3. The molecule has 1 fully saturated rings. The molecule has 1 N–H and O–H groups in total. The monoisotopic (exact) mass is 233 g/mol. The first kappa shape index (κ1) is 12.8. The van der Waals surface area contributed by atoms with Gasteiger partial charge in [0.2, 0.25) is 0 Å². The summed E-state index contributed by atoms with van der Waals surface area (Å²) >= 11 is 1.78. The number of nitrogens with one attached hydrogen (secondary N) is 1. The fraction of sp³-hybridized carbons (Fsp3) is 0.900. The topological polar surface area (TPSA) is 47.6 Å². The molecule has 1 aliphatic rings. The normalized spacial score (nSPS) is 20.5. The number of esters is 1. The Bertz CT molecular complexity index is 184. The van der Waals surface area contributed by atoms with Crippen LogP contribution in [0.4, 0.5) is 0 Å². The lowest BCUT2D eigenvalue weighted by atomic mass is 10.3. The first-order chi connectivity index (χ1) is 7.33. The van der Waals surface area contributed by atoms with E-state index in [1.807, 2.05) is 0 Å². The Morgan fingerprint density at radius 3 is 3.13 bits per heavy atom. The van der Waals surface area contributed by atoms with E-state index in [1.165, 1.54) is 7.11 Å². The third-order valence-corrected chi connectivity index (χ3v) is 3.27. The molecule has 0 saturated carbocycles. The van der Waals surface area contributed by atoms with Gasteiger partial charge in [-0.15, -0.1) is 0 Å². The van der Waals surface area contributed by atoms with Gasteiger partial charge >= 0.3 is 5.97 Å². The van der Waals surface area contributed by atoms with Crippen molar-refractivity contribution >= 4 is 17.7 Å². The zero-order chi connectivity index (χ0) is 10.9. The molecule has 88 valence electrons. The molecular formula is C10H19NO3S. The lowest BCUT2D eigenvalue weighted by Crippen LogP contribution is -2.31. The zero-order valence-corrected chi connectivity index (χ0v) is 9.98. The second-order valence-electron chi connectivity index (χ2n) is 3.45. The van der Waals surface area contributed by atoms with E-state index in [0.717, 1.165) is 37.7 Å². The van der Waals surface area contributed by atoms with Crippen LogP contribution >= 0.6 is 11.8 Å². The van der Waals surface area contributed by atoms with Crippen molar-refractivity contribution in [3.8, 4) is 0 Å². The molecule has 1 heterocycles. The van der Waals surface area contributed by atoms with Gasteiger partial charge in [-0.25, -0.2) is 0 Å². The highest BCUT2D eigenvalue weighted by molar-refractivity contribution is 7.99. The molecule has 1 rings (SSSR count). The Labute approximate surface area is 95.1 Å². The van der Waals surface area contributed by atoms with Crippen LogP contribution in [-0.2, 0) is 14.3 Å². The predicted molar refractivity (Wildman–Crippen MR) is 61.2 cm³/mol. The number of methoxy groups -OCH3 is 1. The van der Waals surface area contributed by atoms with Gasteiger partial charge in [0.1, 0.15) is 0 Å². The van der Waals surface area contributed by atoms with Crippen LogP contribution in [0.3, 0.4) is 0 Å². The Kier molecular flexibility index (Phi) is 6.80. The fourth-order valence-corrected chi connectivity index (χ4v) is 2.17. The van der Waals surface area contributed by atoms with Crippen molar-refractivity contribution in [2.24, 2.45) is 0 Å². The summed E-state index contributed by atoms with van der Waals surface area (Å²) in [6.07, 6.45) is 1.63. The van der Waals surface area contributed by atoms with Gasteiger partial charge in [0.15, 0.2) is 0 Å². The van der Waals surface area contributed by atoms with Crippen LogP contribution in [0.25, 0.3) is 0 Å². The second kappa shape index (κ2) is 7.96. The van der Waals surface area contributed by atoms with E-state index in [-0.39, 0.29) is 5.97 Å². The van der Waals surface area contributed by atoms with Gasteiger partial charge in [-0.1, -0.05) is 0 Å². The Morgan fingerprint density at radius 1 is 1.60 bits per heavy atom. The summed E-state index contributed by atoms with van der Waals surface area (Å²) in [4.78, 5) is 10.8. The minimum Gasteiger partial charge on any atom is -0.469 e. The van der Waals surface area contributed by atoms with E-state index in [0.29, 0.717) is 12.5 Å². The summed E-state index contributed by atoms with van der Waals surface area (Å²) < 4.78 is 9.80. The first-order valence-corrected chi connectivity index (χ1v) is 6.44. The van der Waals surface area contributed by atoms with Gasteiger partial charge in [0.25, 0.3) is 0 Å². The Morgan fingerprint density at radius 2 is 2.47 bits per heavy atom. The molecule has 0 amide bonds. The van der Waals surface area contributed by atoms with Crippen molar-refractivity contribution in [3.05, 3.63) is 0 Å². The molecule has 4 nitrogen and oxygen atoms in total. The number of carbonyl (C=O) groups is 1. The van der Waals surface area contributed by atoms with E-state index in [2.05, 4.69) is 10.1 Å². The van der Waals surface area contributed by atoms with Crippen molar-refractivity contribution in [2.75, 3.05) is 38.4 Å². The van der Waals surface area contributed by atoms with Crippen LogP contribution in [0.2, 0.25) is 0 Å². The minimum absolute atomic E-state index is 0.125. The van der Waals surface area contributed by atoms with E-state index < -0.39 is 0 Å². The van der Waals surface area contributed by atoms with Crippen molar-refractivity contribution < 1.29 is 14.3 Å². The average Bonchev–Trinajstić information content (AvgIpc) is 2.75. The summed E-state index contributed by atoms with van der Waals surface area (Å²) in [6.45, 7) is 2.71. The fourth-order valence-electron chi connectivity index (χ4n) is 1.39. The predicted octanol–water partition coefficient (Wildman–Crippen LogP) is 0.661. The maximum atomic E-state index is 10.8. The van der Waals surface area contributed by atoms with E-state index >= 15 is 0 Å². The van der Waals surface area contributed by atoms with Crippen LogP contribution in [0.1, 0.15) is 12.8 Å². The Hall–Kier alpha value is -0.260. The molecular weight excluding hydrogens is 214 g/mol. The summed E-state index contributed by atoms with van der Waals surface area (Å²) in [5.74, 6) is 1.75. The largest absolute Gasteiger partial charge is 0.469 e. The molecule has 0 radical (unpaired) electrons. The highest BCUT2D eigenvalue weighted by Gasteiger charge is 2.13. The third-order valence-electron chi connectivity index (χ3n) is 2.29. The lowest BCUT2D eigenvalue weighted by Gasteiger charge is -2.09. The number of hydrogen-bond donors (Lipinski definition) is 1. The van der Waals surface area contributed by atoms with Gasteiger partial charge in [-0.05, 0) is 6.42 Å². The number of hydrogen-bond acceptors (Lipinski definition) is 5. The number of thioether (sulfide) groups is 1. The summed E-state index contributed by atoms with van der Waals surface area (Å²) in [7, 11) is 1.43. The second-order valence-corrected chi connectivity index (χ2v) is 4.68. The van der Waals surface area contributed by atoms with Gasteiger partial charge in [-0.2, -0.15) is 11.8 Å².